The second-order valence-corrected chi connectivity index (χ2v) is 8.69. The number of hydrogen-bond donors (Lipinski definition) is 0. The van der Waals surface area contributed by atoms with Crippen LogP contribution in [0.25, 0.3) is 10.2 Å². The molecule has 0 unspecified atom stereocenters. The smallest absolute Gasteiger partial charge is 0.271 e. The first-order chi connectivity index (χ1) is 10.8. The molecule has 7 heteroatoms. The van der Waals surface area contributed by atoms with E-state index in [0.717, 1.165) is 11.3 Å². The summed E-state index contributed by atoms with van der Waals surface area (Å²) in [6.45, 7) is 8.27. The van der Waals surface area contributed by atoms with Gasteiger partial charge in [0.05, 0.1) is 17.0 Å². The minimum Gasteiger partial charge on any atom is -0.444 e. The van der Waals surface area contributed by atoms with Gasteiger partial charge in [0.1, 0.15) is 10.5 Å². The molecule has 0 radical (unpaired) electrons. The maximum Gasteiger partial charge on any atom is 0.271 e. The van der Waals surface area contributed by atoms with E-state index in [4.69, 9.17) is 4.42 Å². The quantitative estimate of drug-likeness (QED) is 0.525. The number of hydrogen-bond acceptors (Lipinski definition) is 6. The fourth-order valence-corrected chi connectivity index (χ4v) is 3.83. The molecule has 0 aliphatic heterocycles. The molecule has 0 aliphatic rings. The Morgan fingerprint density at radius 3 is 2.78 bits per heavy atom. The van der Waals surface area contributed by atoms with Crippen molar-refractivity contribution in [3.63, 3.8) is 0 Å². The number of nitrogens with zero attached hydrogens (tertiary/aromatic N) is 3. The molecule has 5 nitrogen and oxygen atoms in total. The molecular weight excluding hydrogens is 330 g/mol. The van der Waals surface area contributed by atoms with Crippen LogP contribution >= 0.6 is 23.1 Å². The van der Waals surface area contributed by atoms with Crippen molar-refractivity contribution in [2.24, 2.45) is 7.05 Å². The van der Waals surface area contributed by atoms with Crippen molar-refractivity contribution in [2.75, 3.05) is 0 Å². The van der Waals surface area contributed by atoms with Gasteiger partial charge in [-0.2, -0.15) is 0 Å². The minimum atomic E-state index is -0.0731. The van der Waals surface area contributed by atoms with Crippen LogP contribution in [0, 0.1) is 0 Å². The van der Waals surface area contributed by atoms with E-state index in [1.54, 1.807) is 17.8 Å². The molecule has 3 aromatic rings. The van der Waals surface area contributed by atoms with Crippen molar-refractivity contribution in [1.29, 1.82) is 0 Å². The van der Waals surface area contributed by atoms with Crippen LogP contribution < -0.4 is 5.56 Å². The Balaban J connectivity index is 1.91. The number of aromatic nitrogens is 3. The molecule has 0 aromatic carbocycles. The van der Waals surface area contributed by atoms with Gasteiger partial charge in [-0.1, -0.05) is 32.5 Å². The average Bonchev–Trinajstić information content (AvgIpc) is 3.12. The standard InChI is InChI=1S/C16H19N3O2S2/c1-9(13-17-8-11(21-13)16(2,3)4)23-15-18-10-6-7-22-12(10)14(20)19(15)5/h6-9H,1-5H3/t9-/m0/s1. The van der Waals surface area contributed by atoms with Gasteiger partial charge >= 0.3 is 0 Å². The summed E-state index contributed by atoms with van der Waals surface area (Å²) in [5.74, 6) is 1.51. The highest BCUT2D eigenvalue weighted by atomic mass is 32.2. The molecule has 0 amide bonds. The molecule has 3 rings (SSSR count). The zero-order valence-electron chi connectivity index (χ0n) is 13.8. The average molecular weight is 349 g/mol. The lowest BCUT2D eigenvalue weighted by Gasteiger charge is -2.14. The molecule has 1 atom stereocenters. The monoisotopic (exact) mass is 349 g/mol. The van der Waals surface area contributed by atoms with Crippen molar-refractivity contribution in [1.82, 2.24) is 14.5 Å². The van der Waals surface area contributed by atoms with E-state index in [-0.39, 0.29) is 16.2 Å². The van der Waals surface area contributed by atoms with Crippen molar-refractivity contribution < 1.29 is 4.42 Å². The van der Waals surface area contributed by atoms with Gasteiger partial charge < -0.3 is 4.42 Å². The second kappa shape index (κ2) is 5.79. The Labute approximate surface area is 142 Å². The molecule has 0 spiro atoms. The second-order valence-electron chi connectivity index (χ2n) is 6.47. The summed E-state index contributed by atoms with van der Waals surface area (Å²) in [6.07, 6.45) is 1.78. The third-order valence-corrected chi connectivity index (χ3v) is 5.56. The van der Waals surface area contributed by atoms with Gasteiger partial charge in [-0.3, -0.25) is 9.36 Å². The summed E-state index contributed by atoms with van der Waals surface area (Å²) < 4.78 is 8.16. The molecule has 0 bridgehead atoms. The highest BCUT2D eigenvalue weighted by Crippen LogP contribution is 2.35. The third-order valence-electron chi connectivity index (χ3n) is 3.54. The summed E-state index contributed by atoms with van der Waals surface area (Å²) in [4.78, 5) is 21.3. The Kier molecular flexibility index (Phi) is 4.10. The number of oxazole rings is 1. The lowest BCUT2D eigenvalue weighted by Crippen LogP contribution is -2.19. The van der Waals surface area contributed by atoms with Crippen molar-refractivity contribution in [3.8, 4) is 0 Å². The van der Waals surface area contributed by atoms with Crippen LogP contribution in [0.15, 0.2) is 32.0 Å². The molecule has 0 N–H and O–H groups in total. The zero-order chi connectivity index (χ0) is 16.8. The van der Waals surface area contributed by atoms with E-state index in [9.17, 15) is 4.79 Å². The van der Waals surface area contributed by atoms with E-state index < -0.39 is 0 Å². The SMILES string of the molecule is C[C@H](Sc1nc2ccsc2c(=O)n1C)c1ncc(C(C)(C)C)o1. The van der Waals surface area contributed by atoms with Gasteiger partial charge in [-0.05, 0) is 18.4 Å². The molecule has 122 valence electrons. The summed E-state index contributed by atoms with van der Waals surface area (Å²) in [6, 6.07) is 1.87. The van der Waals surface area contributed by atoms with Crippen LogP contribution in [-0.4, -0.2) is 14.5 Å². The van der Waals surface area contributed by atoms with E-state index >= 15 is 0 Å². The molecule has 0 aliphatic carbocycles. The van der Waals surface area contributed by atoms with Gasteiger partial charge in [0.2, 0.25) is 5.89 Å². The van der Waals surface area contributed by atoms with Crippen molar-refractivity contribution in [2.45, 2.75) is 43.5 Å². The predicted octanol–water partition coefficient (Wildman–Crippen LogP) is 4.13. The normalized spacial score (nSPS) is 13.6. The highest BCUT2D eigenvalue weighted by Gasteiger charge is 2.23. The Hall–Kier alpha value is -1.60. The van der Waals surface area contributed by atoms with E-state index in [1.165, 1.54) is 23.1 Å². The Bertz CT molecular complexity index is 902. The van der Waals surface area contributed by atoms with Gasteiger partial charge in [-0.25, -0.2) is 9.97 Å². The topological polar surface area (TPSA) is 60.9 Å². The van der Waals surface area contributed by atoms with Crippen LogP contribution in [-0.2, 0) is 12.5 Å². The number of thioether (sulfide) groups is 1. The molecule has 23 heavy (non-hydrogen) atoms. The minimum absolute atomic E-state index is 0.0116. The maximum absolute atomic E-state index is 12.3. The molecule has 0 saturated heterocycles. The third kappa shape index (κ3) is 3.07. The summed E-state index contributed by atoms with van der Waals surface area (Å²) in [5, 5.41) is 2.53. The molecule has 3 heterocycles. The molecule has 0 fully saturated rings. The molecule has 0 saturated carbocycles. The highest BCUT2D eigenvalue weighted by molar-refractivity contribution is 7.99. The number of rotatable bonds is 3. The first-order valence-electron chi connectivity index (χ1n) is 7.34. The van der Waals surface area contributed by atoms with E-state index in [0.29, 0.717) is 15.7 Å². The summed E-state index contributed by atoms with van der Waals surface area (Å²) in [7, 11) is 1.75. The first-order valence-corrected chi connectivity index (χ1v) is 9.10. The van der Waals surface area contributed by atoms with Gasteiger partial charge in [0.25, 0.3) is 5.56 Å². The van der Waals surface area contributed by atoms with Gasteiger partial charge in [0, 0.05) is 12.5 Å². The van der Waals surface area contributed by atoms with Crippen molar-refractivity contribution >= 4 is 33.3 Å². The van der Waals surface area contributed by atoms with Crippen LogP contribution in [0.2, 0.25) is 0 Å². The summed E-state index contributed by atoms with van der Waals surface area (Å²) >= 11 is 2.90. The number of fused-ring (bicyclic) bond motifs is 1. The largest absolute Gasteiger partial charge is 0.444 e. The van der Waals surface area contributed by atoms with Crippen LogP contribution in [0.1, 0.15) is 44.6 Å². The molecule has 3 aromatic heterocycles. The van der Waals surface area contributed by atoms with E-state index in [2.05, 4.69) is 30.7 Å². The fourth-order valence-electron chi connectivity index (χ4n) is 2.10. The van der Waals surface area contributed by atoms with Crippen LogP contribution in [0.3, 0.4) is 0 Å². The fraction of sp³-hybridized carbons (Fsp3) is 0.438. The van der Waals surface area contributed by atoms with Crippen LogP contribution in [0.4, 0.5) is 0 Å². The van der Waals surface area contributed by atoms with Crippen molar-refractivity contribution in [3.05, 3.63) is 39.6 Å². The van der Waals surface area contributed by atoms with Gasteiger partial charge in [-0.15, -0.1) is 11.3 Å². The molecular formula is C16H19N3O2S2. The number of thiophene rings is 1. The Morgan fingerprint density at radius 1 is 1.39 bits per heavy atom. The van der Waals surface area contributed by atoms with E-state index in [1.807, 2.05) is 18.4 Å². The van der Waals surface area contributed by atoms with Crippen LogP contribution in [0.5, 0.6) is 0 Å². The summed E-state index contributed by atoms with van der Waals surface area (Å²) in [5.41, 5.74) is 0.661. The Morgan fingerprint density at radius 2 is 2.13 bits per heavy atom. The first kappa shape index (κ1) is 16.3. The predicted molar refractivity (Wildman–Crippen MR) is 94.3 cm³/mol. The lowest BCUT2D eigenvalue weighted by atomic mass is 9.94. The maximum atomic E-state index is 12.3. The van der Waals surface area contributed by atoms with Gasteiger partial charge in [0.15, 0.2) is 5.16 Å². The zero-order valence-corrected chi connectivity index (χ0v) is 15.4. The lowest BCUT2D eigenvalue weighted by molar-refractivity contribution is 0.383.